The second-order valence-electron chi connectivity index (χ2n) is 7.94. The molecule has 0 bridgehead atoms. The van der Waals surface area contributed by atoms with E-state index in [9.17, 15) is 0 Å². The molecule has 0 aliphatic heterocycles. The molecule has 0 fully saturated rings. The van der Waals surface area contributed by atoms with Gasteiger partial charge in [-0.1, -0.05) is 54.2 Å². The van der Waals surface area contributed by atoms with Crippen molar-refractivity contribution >= 4 is 16.4 Å². The normalized spacial score (nSPS) is 26.5. The van der Waals surface area contributed by atoms with E-state index in [0.717, 1.165) is 12.8 Å². The Bertz CT molecular complexity index is 544. The minimum atomic E-state index is -1.75. The van der Waals surface area contributed by atoms with E-state index < -0.39 is 16.4 Å². The van der Waals surface area contributed by atoms with Gasteiger partial charge in [0.15, 0.2) is 8.32 Å². The fourth-order valence-corrected chi connectivity index (χ4v) is 10.2. The first-order valence-electron chi connectivity index (χ1n) is 8.01. The van der Waals surface area contributed by atoms with Crippen molar-refractivity contribution in [3.8, 4) is 0 Å². The van der Waals surface area contributed by atoms with E-state index in [1.165, 1.54) is 11.1 Å². The lowest BCUT2D eigenvalue weighted by Gasteiger charge is -2.51. The molecule has 0 amide bonds. The molecule has 0 spiro atoms. The van der Waals surface area contributed by atoms with Crippen molar-refractivity contribution in [3.63, 3.8) is 0 Å². The van der Waals surface area contributed by atoms with Crippen LogP contribution in [0, 0.1) is 0 Å². The topological polar surface area (TPSA) is 9.23 Å². The van der Waals surface area contributed by atoms with Crippen molar-refractivity contribution in [1.82, 2.24) is 0 Å². The maximum atomic E-state index is 6.92. The van der Waals surface area contributed by atoms with Gasteiger partial charge in [-0.3, -0.25) is 0 Å². The predicted octanol–water partition coefficient (Wildman–Crippen LogP) is 5.55. The average molecular weight is 319 g/mol. The van der Waals surface area contributed by atoms with Gasteiger partial charge in [0, 0.05) is 0 Å². The van der Waals surface area contributed by atoms with E-state index in [1.54, 1.807) is 5.20 Å². The van der Waals surface area contributed by atoms with E-state index >= 15 is 0 Å². The largest absolute Gasteiger partial charge is 0.411 e. The van der Waals surface area contributed by atoms with Crippen molar-refractivity contribution < 1.29 is 4.43 Å². The van der Waals surface area contributed by atoms with E-state index in [2.05, 4.69) is 77.0 Å². The first kappa shape index (κ1) is 16.7. The van der Waals surface area contributed by atoms with Crippen LogP contribution in [0.15, 0.2) is 46.7 Å². The third-order valence-electron chi connectivity index (χ3n) is 4.78. The van der Waals surface area contributed by atoms with Gasteiger partial charge in [-0.2, -0.15) is 0 Å². The molecule has 2 rings (SSSR count). The molecule has 0 saturated heterocycles. The van der Waals surface area contributed by atoms with Crippen LogP contribution in [0.4, 0.5) is 0 Å². The second kappa shape index (κ2) is 5.52. The Morgan fingerprint density at radius 3 is 2.19 bits per heavy atom. The van der Waals surface area contributed by atoms with E-state index in [-0.39, 0.29) is 5.22 Å². The molecule has 0 aromatic carbocycles. The molecule has 1 nitrogen and oxygen atoms in total. The highest BCUT2D eigenvalue weighted by Crippen LogP contribution is 2.45. The van der Waals surface area contributed by atoms with Crippen LogP contribution in [-0.4, -0.2) is 21.6 Å². The van der Waals surface area contributed by atoms with Crippen molar-refractivity contribution in [2.45, 2.75) is 64.6 Å². The third-order valence-corrected chi connectivity index (χ3v) is 10.5. The molecular formula is C18H30OSi2. The maximum absolute atomic E-state index is 6.92. The van der Waals surface area contributed by atoms with Gasteiger partial charge in [-0.05, 0) is 51.9 Å². The molecule has 0 heterocycles. The highest BCUT2D eigenvalue weighted by molar-refractivity contribution is 6.89. The summed E-state index contributed by atoms with van der Waals surface area (Å²) in [6.07, 6.45) is 13.9. The molecule has 116 valence electrons. The third kappa shape index (κ3) is 3.10. The number of hydrogen-bond acceptors (Lipinski definition) is 1. The zero-order valence-corrected chi connectivity index (χ0v) is 16.7. The molecule has 0 aromatic heterocycles. The molecule has 1 atom stereocenters. The van der Waals surface area contributed by atoms with Crippen LogP contribution < -0.4 is 0 Å². The van der Waals surface area contributed by atoms with Crippen molar-refractivity contribution in [3.05, 3.63) is 46.7 Å². The predicted molar refractivity (Wildman–Crippen MR) is 98.6 cm³/mol. The first-order valence-corrected chi connectivity index (χ1v) is 14.4. The van der Waals surface area contributed by atoms with Crippen LogP contribution in [0.25, 0.3) is 0 Å². The molecule has 2 aliphatic carbocycles. The van der Waals surface area contributed by atoms with Crippen molar-refractivity contribution in [1.29, 1.82) is 0 Å². The average Bonchev–Trinajstić information content (AvgIpc) is 2.85. The van der Waals surface area contributed by atoms with Crippen LogP contribution in [0.1, 0.15) is 26.7 Å². The lowest BCUT2D eigenvalue weighted by atomic mass is 9.98. The van der Waals surface area contributed by atoms with Gasteiger partial charge < -0.3 is 4.43 Å². The summed E-state index contributed by atoms with van der Waals surface area (Å²) in [6.45, 7) is 16.4. The number of allylic oxidation sites excluding steroid dienone is 6. The Labute approximate surface area is 132 Å². The molecule has 0 N–H and O–H groups in total. The molecular weight excluding hydrogens is 288 g/mol. The molecule has 0 aromatic rings. The van der Waals surface area contributed by atoms with Crippen LogP contribution in [0.5, 0.6) is 0 Å². The monoisotopic (exact) mass is 318 g/mol. The van der Waals surface area contributed by atoms with Gasteiger partial charge >= 0.3 is 0 Å². The Kier molecular flexibility index (Phi) is 4.40. The molecule has 3 heteroatoms. The fourth-order valence-electron chi connectivity index (χ4n) is 3.66. The summed E-state index contributed by atoms with van der Waals surface area (Å²) in [5.41, 5.74) is 2.81. The highest BCUT2D eigenvalue weighted by atomic mass is 28.4. The molecule has 0 radical (unpaired) electrons. The van der Waals surface area contributed by atoms with Crippen molar-refractivity contribution in [2.24, 2.45) is 0 Å². The van der Waals surface area contributed by atoms with E-state index in [1.807, 2.05) is 0 Å². The Morgan fingerprint density at radius 2 is 1.71 bits per heavy atom. The Balaban J connectivity index is 2.52. The van der Waals surface area contributed by atoms with Crippen LogP contribution in [0.2, 0.25) is 32.7 Å². The number of hydrogen-bond donors (Lipinski definition) is 0. The quantitative estimate of drug-likeness (QED) is 0.618. The van der Waals surface area contributed by atoms with Gasteiger partial charge in [0.25, 0.3) is 0 Å². The van der Waals surface area contributed by atoms with E-state index in [0.29, 0.717) is 0 Å². The van der Waals surface area contributed by atoms with Crippen molar-refractivity contribution in [2.75, 3.05) is 0 Å². The second-order valence-corrected chi connectivity index (χ2v) is 17.0. The molecule has 21 heavy (non-hydrogen) atoms. The SMILES string of the molecule is CC1=CCC(O[Si](C)(C)C)([Si](C)(C)C2=CCC=C2)C(C)=C1. The van der Waals surface area contributed by atoms with Gasteiger partial charge in [-0.25, -0.2) is 0 Å². The lowest BCUT2D eigenvalue weighted by Crippen LogP contribution is -2.62. The van der Waals surface area contributed by atoms with Crippen LogP contribution in [-0.2, 0) is 4.43 Å². The zero-order chi connectivity index (χ0) is 15.9. The Hall–Kier alpha value is -0.646. The lowest BCUT2D eigenvalue weighted by molar-refractivity contribution is 0.175. The molecule has 2 aliphatic rings. The Morgan fingerprint density at radius 1 is 1.05 bits per heavy atom. The van der Waals surface area contributed by atoms with Gasteiger partial charge in [0.2, 0.25) is 0 Å². The summed E-state index contributed by atoms with van der Waals surface area (Å²) in [7, 11) is -3.38. The minimum absolute atomic E-state index is 0.0719. The van der Waals surface area contributed by atoms with Crippen LogP contribution >= 0.6 is 0 Å². The van der Waals surface area contributed by atoms with Gasteiger partial charge in [0.1, 0.15) is 8.07 Å². The summed E-state index contributed by atoms with van der Waals surface area (Å²) < 4.78 is 6.92. The highest BCUT2D eigenvalue weighted by Gasteiger charge is 2.52. The van der Waals surface area contributed by atoms with Gasteiger partial charge in [-0.15, -0.1) is 0 Å². The summed E-state index contributed by atoms with van der Waals surface area (Å²) >= 11 is 0. The van der Waals surface area contributed by atoms with Gasteiger partial charge in [0.05, 0.1) is 5.22 Å². The van der Waals surface area contributed by atoms with Crippen LogP contribution in [0.3, 0.4) is 0 Å². The minimum Gasteiger partial charge on any atom is -0.411 e. The standard InChI is InChI=1S/C18H30OSi2/c1-15-12-13-18(16(2)14-15,19-20(3,4)5)21(6,7)17-10-8-9-11-17/h8,10-12,14H,9,13H2,1-7H3. The van der Waals surface area contributed by atoms with E-state index in [4.69, 9.17) is 4.43 Å². The first-order chi connectivity index (χ1) is 9.58. The summed E-state index contributed by atoms with van der Waals surface area (Å²) in [5, 5.41) is 1.48. The summed E-state index contributed by atoms with van der Waals surface area (Å²) in [4.78, 5) is 0. The summed E-state index contributed by atoms with van der Waals surface area (Å²) in [6, 6.07) is 0. The maximum Gasteiger partial charge on any atom is 0.184 e. The fraction of sp³-hybridized carbons (Fsp3) is 0.556. The molecule has 1 unspecified atom stereocenters. The smallest absolute Gasteiger partial charge is 0.184 e. The summed E-state index contributed by atoms with van der Waals surface area (Å²) in [5.74, 6) is 0. The zero-order valence-electron chi connectivity index (χ0n) is 14.7. The number of rotatable bonds is 4. The molecule has 0 saturated carbocycles.